The van der Waals surface area contributed by atoms with Gasteiger partial charge >= 0.3 is 0 Å². The molecule has 2 aromatic rings. The summed E-state index contributed by atoms with van der Waals surface area (Å²) in [6, 6.07) is 14.7. The summed E-state index contributed by atoms with van der Waals surface area (Å²) in [6.45, 7) is 0.588. The maximum atomic E-state index is 12.9. The molecule has 0 unspecified atom stereocenters. The zero-order chi connectivity index (χ0) is 16.2. The Hall–Kier alpha value is -2.69. The van der Waals surface area contributed by atoms with Gasteiger partial charge in [0.1, 0.15) is 11.9 Å². The first kappa shape index (κ1) is 15.2. The van der Waals surface area contributed by atoms with Crippen molar-refractivity contribution in [3.8, 4) is 0 Å². The van der Waals surface area contributed by atoms with Gasteiger partial charge in [0, 0.05) is 12.2 Å². The summed E-state index contributed by atoms with van der Waals surface area (Å²) in [4.78, 5) is 26.2. The van der Waals surface area contributed by atoms with E-state index in [9.17, 15) is 14.0 Å². The van der Waals surface area contributed by atoms with Crippen LogP contribution in [0.25, 0.3) is 0 Å². The molecule has 1 atom stereocenters. The highest BCUT2D eigenvalue weighted by Gasteiger charge is 2.33. The van der Waals surface area contributed by atoms with E-state index in [1.165, 1.54) is 12.1 Å². The van der Waals surface area contributed by atoms with Gasteiger partial charge in [0.25, 0.3) is 0 Å². The van der Waals surface area contributed by atoms with Crippen LogP contribution >= 0.6 is 0 Å². The van der Waals surface area contributed by atoms with Gasteiger partial charge < -0.3 is 10.2 Å². The van der Waals surface area contributed by atoms with Crippen LogP contribution in [0.4, 0.5) is 10.1 Å². The number of halogens is 1. The number of para-hydroxylation sites is 1. The van der Waals surface area contributed by atoms with Crippen LogP contribution in [0, 0.1) is 5.82 Å². The zero-order valence-corrected chi connectivity index (χ0v) is 12.5. The molecule has 0 bridgehead atoms. The first-order valence-corrected chi connectivity index (χ1v) is 7.54. The van der Waals surface area contributed by atoms with Gasteiger partial charge in [-0.2, -0.15) is 0 Å². The monoisotopic (exact) mass is 312 g/mol. The first-order chi connectivity index (χ1) is 11.1. The number of carbonyl (C=O) groups excluding carboxylic acids is 2. The third-order valence-corrected chi connectivity index (χ3v) is 3.89. The molecule has 0 spiro atoms. The van der Waals surface area contributed by atoms with Gasteiger partial charge in [-0.1, -0.05) is 30.3 Å². The number of hydrogen-bond donors (Lipinski definition) is 1. The molecule has 2 amide bonds. The highest BCUT2D eigenvalue weighted by atomic mass is 19.1. The summed E-state index contributed by atoms with van der Waals surface area (Å²) in [5.74, 6) is -0.660. The molecule has 1 aliphatic rings. The minimum absolute atomic E-state index is 0.0938. The van der Waals surface area contributed by atoms with Gasteiger partial charge in [-0.3, -0.25) is 9.59 Å². The molecule has 3 rings (SSSR count). The summed E-state index contributed by atoms with van der Waals surface area (Å²) in [6.07, 6.45) is 0.721. The lowest BCUT2D eigenvalue weighted by Gasteiger charge is -2.17. The van der Waals surface area contributed by atoms with Crippen LogP contribution in [0.15, 0.2) is 54.6 Å². The number of nitrogens with zero attached hydrogens (tertiary/aromatic N) is 1. The Balaban J connectivity index is 1.59. The highest BCUT2D eigenvalue weighted by molar-refractivity contribution is 6.01. The van der Waals surface area contributed by atoms with Crippen LogP contribution in [0.2, 0.25) is 0 Å². The molecule has 2 aromatic carbocycles. The number of amides is 2. The molecule has 1 N–H and O–H groups in total. The van der Waals surface area contributed by atoms with Crippen molar-refractivity contribution in [1.82, 2.24) is 5.32 Å². The number of rotatable bonds is 4. The molecule has 1 aliphatic heterocycles. The van der Waals surface area contributed by atoms with Gasteiger partial charge in [-0.05, 0) is 36.2 Å². The zero-order valence-electron chi connectivity index (χ0n) is 12.5. The van der Waals surface area contributed by atoms with Crippen molar-refractivity contribution in [3.63, 3.8) is 0 Å². The van der Waals surface area contributed by atoms with E-state index in [-0.39, 0.29) is 24.1 Å². The van der Waals surface area contributed by atoms with E-state index < -0.39 is 6.04 Å². The second-order valence-corrected chi connectivity index (χ2v) is 5.54. The van der Waals surface area contributed by atoms with E-state index in [0.29, 0.717) is 18.5 Å². The van der Waals surface area contributed by atoms with Crippen LogP contribution in [-0.4, -0.2) is 24.4 Å². The summed E-state index contributed by atoms with van der Waals surface area (Å²) < 4.78 is 12.9. The van der Waals surface area contributed by atoms with Crippen molar-refractivity contribution in [3.05, 3.63) is 66.0 Å². The maximum absolute atomic E-state index is 12.9. The van der Waals surface area contributed by atoms with Gasteiger partial charge in [-0.25, -0.2) is 4.39 Å². The predicted octanol–water partition coefficient (Wildman–Crippen LogP) is 2.29. The molecule has 0 aliphatic carbocycles. The van der Waals surface area contributed by atoms with Crippen LogP contribution in [-0.2, 0) is 16.0 Å². The maximum Gasteiger partial charge on any atom is 0.249 e. The summed E-state index contributed by atoms with van der Waals surface area (Å²) in [7, 11) is 0. The number of carbonyl (C=O) groups is 2. The van der Waals surface area contributed by atoms with Crippen molar-refractivity contribution in [1.29, 1.82) is 0 Å². The lowest BCUT2D eigenvalue weighted by Crippen LogP contribution is -2.42. The average molecular weight is 312 g/mol. The SMILES string of the molecule is O=C(Cc1ccc(F)cc1)N[C@H]1CCN(c2ccccc2)C1=O. The van der Waals surface area contributed by atoms with Gasteiger partial charge in [-0.15, -0.1) is 0 Å². The Kier molecular flexibility index (Phi) is 4.37. The molecule has 1 fully saturated rings. The van der Waals surface area contributed by atoms with Gasteiger partial charge in [0.15, 0.2) is 0 Å². The molecule has 0 saturated carbocycles. The number of nitrogens with one attached hydrogen (secondary N) is 1. The summed E-state index contributed by atoms with van der Waals surface area (Å²) in [5.41, 5.74) is 1.56. The van der Waals surface area contributed by atoms with E-state index >= 15 is 0 Å². The van der Waals surface area contributed by atoms with Crippen molar-refractivity contribution in [2.75, 3.05) is 11.4 Å². The van der Waals surface area contributed by atoms with Crippen molar-refractivity contribution < 1.29 is 14.0 Å². The Labute approximate surface area is 133 Å². The van der Waals surface area contributed by atoms with Crippen LogP contribution in [0.5, 0.6) is 0 Å². The lowest BCUT2D eigenvalue weighted by atomic mass is 10.1. The Morgan fingerprint density at radius 2 is 1.83 bits per heavy atom. The van der Waals surface area contributed by atoms with Crippen molar-refractivity contribution in [2.45, 2.75) is 18.9 Å². The Morgan fingerprint density at radius 1 is 1.13 bits per heavy atom. The number of anilines is 1. The van der Waals surface area contributed by atoms with E-state index in [1.807, 2.05) is 30.3 Å². The molecule has 5 heteroatoms. The van der Waals surface area contributed by atoms with Crippen molar-refractivity contribution >= 4 is 17.5 Å². The second-order valence-electron chi connectivity index (χ2n) is 5.54. The van der Waals surface area contributed by atoms with Crippen LogP contribution < -0.4 is 10.2 Å². The molecule has 0 radical (unpaired) electrons. The first-order valence-electron chi connectivity index (χ1n) is 7.54. The molecular weight excluding hydrogens is 295 g/mol. The van der Waals surface area contributed by atoms with Gasteiger partial charge in [0.05, 0.1) is 6.42 Å². The quantitative estimate of drug-likeness (QED) is 0.942. The standard InChI is InChI=1S/C18H17FN2O2/c19-14-8-6-13(7-9-14)12-17(22)20-16-10-11-21(18(16)23)15-4-2-1-3-5-15/h1-9,16H,10-12H2,(H,20,22)/t16-/m0/s1. The van der Waals surface area contributed by atoms with Crippen LogP contribution in [0.3, 0.4) is 0 Å². The Bertz CT molecular complexity index is 701. The third kappa shape index (κ3) is 3.56. The number of hydrogen-bond acceptors (Lipinski definition) is 2. The minimum atomic E-state index is -0.497. The topological polar surface area (TPSA) is 49.4 Å². The number of benzene rings is 2. The van der Waals surface area contributed by atoms with Crippen LogP contribution in [0.1, 0.15) is 12.0 Å². The van der Waals surface area contributed by atoms with Crippen molar-refractivity contribution in [2.24, 2.45) is 0 Å². The normalized spacial score (nSPS) is 17.3. The lowest BCUT2D eigenvalue weighted by molar-refractivity contribution is -0.126. The molecule has 23 heavy (non-hydrogen) atoms. The smallest absolute Gasteiger partial charge is 0.249 e. The fourth-order valence-electron chi connectivity index (χ4n) is 2.71. The molecule has 1 saturated heterocycles. The highest BCUT2D eigenvalue weighted by Crippen LogP contribution is 2.21. The minimum Gasteiger partial charge on any atom is -0.344 e. The molecular formula is C18H17FN2O2. The largest absolute Gasteiger partial charge is 0.344 e. The summed E-state index contributed by atoms with van der Waals surface area (Å²) >= 11 is 0. The average Bonchev–Trinajstić information content (AvgIpc) is 2.91. The fourth-order valence-corrected chi connectivity index (χ4v) is 2.71. The predicted molar refractivity (Wildman–Crippen MR) is 85.4 cm³/mol. The van der Waals surface area contributed by atoms with E-state index in [2.05, 4.69) is 5.32 Å². The molecule has 118 valence electrons. The van der Waals surface area contributed by atoms with E-state index in [4.69, 9.17) is 0 Å². The molecule has 1 heterocycles. The summed E-state index contributed by atoms with van der Waals surface area (Å²) in [5, 5.41) is 2.77. The van der Waals surface area contributed by atoms with E-state index in [1.54, 1.807) is 17.0 Å². The third-order valence-electron chi connectivity index (χ3n) is 3.89. The Morgan fingerprint density at radius 3 is 2.52 bits per heavy atom. The van der Waals surface area contributed by atoms with E-state index in [0.717, 1.165) is 5.69 Å². The van der Waals surface area contributed by atoms with Gasteiger partial charge in [0.2, 0.25) is 11.8 Å². The second kappa shape index (κ2) is 6.60. The molecule has 4 nitrogen and oxygen atoms in total. The molecule has 0 aromatic heterocycles. The fraction of sp³-hybridized carbons (Fsp3) is 0.222.